The number of benzene rings is 1. The summed E-state index contributed by atoms with van der Waals surface area (Å²) in [6.07, 6.45) is 3.88. The van der Waals surface area contributed by atoms with E-state index in [1.165, 1.54) is 23.9 Å². The first-order chi connectivity index (χ1) is 11.0. The van der Waals surface area contributed by atoms with Gasteiger partial charge in [0.25, 0.3) is 0 Å². The third-order valence-electron chi connectivity index (χ3n) is 3.10. The average Bonchev–Trinajstić information content (AvgIpc) is 2.94. The van der Waals surface area contributed by atoms with E-state index >= 15 is 0 Å². The van der Waals surface area contributed by atoms with Crippen LogP contribution in [0.5, 0.6) is 0 Å². The summed E-state index contributed by atoms with van der Waals surface area (Å²) >= 11 is 1.53. The van der Waals surface area contributed by atoms with Gasteiger partial charge >= 0.3 is 0 Å². The fourth-order valence-corrected chi connectivity index (χ4v) is 2.72. The van der Waals surface area contributed by atoms with Crippen LogP contribution in [0.1, 0.15) is 6.42 Å². The molecule has 0 bridgehead atoms. The van der Waals surface area contributed by atoms with Crippen LogP contribution in [-0.4, -0.2) is 47.0 Å². The molecular weight excluding hydrogens is 315 g/mol. The Labute approximate surface area is 139 Å². The summed E-state index contributed by atoms with van der Waals surface area (Å²) in [7, 11) is 4.01. The lowest BCUT2D eigenvalue weighted by atomic mass is 10.4. The highest BCUT2D eigenvalue weighted by molar-refractivity contribution is 7.99. The molecule has 1 heterocycles. The summed E-state index contributed by atoms with van der Waals surface area (Å²) in [5.41, 5.74) is 0.709. The molecule has 0 unspecified atom stereocenters. The molecule has 0 saturated heterocycles. The number of halogens is 1. The topological polar surface area (TPSA) is 50.2 Å². The number of amides is 1. The van der Waals surface area contributed by atoms with Crippen molar-refractivity contribution in [3.05, 3.63) is 42.5 Å². The number of aromatic nitrogens is 2. The molecule has 5 nitrogen and oxygen atoms in total. The number of nitrogens with one attached hydrogen (secondary N) is 1. The molecule has 0 aliphatic carbocycles. The second kappa shape index (κ2) is 8.69. The van der Waals surface area contributed by atoms with Gasteiger partial charge in [-0.15, -0.1) is 11.8 Å². The minimum Gasteiger partial charge on any atom is -0.323 e. The molecule has 0 atom stereocenters. The monoisotopic (exact) mass is 336 g/mol. The van der Waals surface area contributed by atoms with Crippen LogP contribution in [-0.2, 0) is 11.3 Å². The second-order valence-electron chi connectivity index (χ2n) is 5.40. The quantitative estimate of drug-likeness (QED) is 0.753. The summed E-state index contributed by atoms with van der Waals surface area (Å²) in [5.74, 6) is 0.344. The van der Waals surface area contributed by atoms with Gasteiger partial charge in [-0.2, -0.15) is 5.10 Å². The highest BCUT2D eigenvalue weighted by Crippen LogP contribution is 2.19. The highest BCUT2D eigenvalue weighted by atomic mass is 32.2. The zero-order valence-electron chi connectivity index (χ0n) is 13.3. The summed E-state index contributed by atoms with van der Waals surface area (Å²) in [6.45, 7) is 1.67. The van der Waals surface area contributed by atoms with Crippen molar-refractivity contribution in [2.75, 3.05) is 31.7 Å². The number of anilines is 1. The largest absolute Gasteiger partial charge is 0.323 e. The fraction of sp³-hybridized carbons (Fsp3) is 0.375. The van der Waals surface area contributed by atoms with Crippen LogP contribution in [0.15, 0.2) is 41.6 Å². The van der Waals surface area contributed by atoms with Crippen LogP contribution < -0.4 is 5.32 Å². The molecular formula is C16H21FN4OS. The average molecular weight is 336 g/mol. The van der Waals surface area contributed by atoms with Gasteiger partial charge < -0.3 is 10.2 Å². The SMILES string of the molecule is CN(C)CCn1cc(NC(=O)CCSc2ccc(F)cc2)cn1. The van der Waals surface area contributed by atoms with Crippen molar-refractivity contribution in [1.82, 2.24) is 14.7 Å². The van der Waals surface area contributed by atoms with E-state index in [9.17, 15) is 9.18 Å². The zero-order chi connectivity index (χ0) is 16.7. The lowest BCUT2D eigenvalue weighted by molar-refractivity contribution is -0.115. The molecule has 1 aromatic carbocycles. The van der Waals surface area contributed by atoms with Gasteiger partial charge in [-0.25, -0.2) is 4.39 Å². The molecule has 0 aliphatic rings. The van der Waals surface area contributed by atoms with E-state index in [1.807, 2.05) is 25.0 Å². The highest BCUT2D eigenvalue weighted by Gasteiger charge is 2.05. The number of nitrogens with zero attached hydrogens (tertiary/aromatic N) is 3. The maximum Gasteiger partial charge on any atom is 0.225 e. The molecule has 23 heavy (non-hydrogen) atoms. The Balaban J connectivity index is 1.71. The van der Waals surface area contributed by atoms with Crippen molar-refractivity contribution >= 4 is 23.4 Å². The van der Waals surface area contributed by atoms with E-state index in [4.69, 9.17) is 0 Å². The van der Waals surface area contributed by atoms with Crippen molar-refractivity contribution in [2.45, 2.75) is 17.9 Å². The molecule has 7 heteroatoms. The van der Waals surface area contributed by atoms with E-state index in [0.29, 0.717) is 17.9 Å². The summed E-state index contributed by atoms with van der Waals surface area (Å²) in [5, 5.41) is 7.05. The molecule has 0 aliphatic heterocycles. The zero-order valence-corrected chi connectivity index (χ0v) is 14.1. The van der Waals surface area contributed by atoms with E-state index < -0.39 is 0 Å². The molecule has 0 fully saturated rings. The number of carbonyl (C=O) groups excluding carboxylic acids is 1. The van der Waals surface area contributed by atoms with E-state index in [1.54, 1.807) is 18.3 Å². The van der Waals surface area contributed by atoms with Gasteiger partial charge in [-0.05, 0) is 38.4 Å². The maximum atomic E-state index is 12.8. The number of thioether (sulfide) groups is 1. The van der Waals surface area contributed by atoms with Crippen molar-refractivity contribution in [3.8, 4) is 0 Å². The summed E-state index contributed by atoms with van der Waals surface area (Å²) < 4.78 is 14.6. The Kier molecular flexibility index (Phi) is 6.61. The van der Waals surface area contributed by atoms with Gasteiger partial charge in [-0.3, -0.25) is 9.48 Å². The van der Waals surface area contributed by atoms with Crippen molar-refractivity contribution < 1.29 is 9.18 Å². The number of hydrogen-bond acceptors (Lipinski definition) is 4. The van der Waals surface area contributed by atoms with Crippen LogP contribution in [0, 0.1) is 5.82 Å². The third-order valence-corrected chi connectivity index (χ3v) is 4.12. The smallest absolute Gasteiger partial charge is 0.225 e. The van der Waals surface area contributed by atoms with Gasteiger partial charge in [0.15, 0.2) is 0 Å². The Morgan fingerprint density at radius 3 is 2.78 bits per heavy atom. The van der Waals surface area contributed by atoms with Gasteiger partial charge in [0.1, 0.15) is 5.82 Å². The van der Waals surface area contributed by atoms with Crippen LogP contribution in [0.2, 0.25) is 0 Å². The number of carbonyl (C=O) groups is 1. The third kappa shape index (κ3) is 6.42. The van der Waals surface area contributed by atoms with E-state index in [2.05, 4.69) is 15.3 Å². The molecule has 2 aromatic rings. The van der Waals surface area contributed by atoms with Crippen LogP contribution in [0.4, 0.5) is 10.1 Å². The van der Waals surface area contributed by atoms with Gasteiger partial charge in [0.05, 0.1) is 18.4 Å². The molecule has 1 aromatic heterocycles. The summed E-state index contributed by atoms with van der Waals surface area (Å²) in [4.78, 5) is 14.9. The summed E-state index contributed by atoms with van der Waals surface area (Å²) in [6, 6.07) is 6.27. The molecule has 0 radical (unpaired) electrons. The predicted octanol–water partition coefficient (Wildman–Crippen LogP) is 2.70. The first-order valence-electron chi connectivity index (χ1n) is 7.38. The molecule has 2 rings (SSSR count). The minimum absolute atomic E-state index is 0.0493. The van der Waals surface area contributed by atoms with Crippen LogP contribution in [0.3, 0.4) is 0 Å². The van der Waals surface area contributed by atoms with E-state index in [-0.39, 0.29) is 11.7 Å². The fourth-order valence-electron chi connectivity index (χ4n) is 1.87. The van der Waals surface area contributed by atoms with Gasteiger partial charge in [-0.1, -0.05) is 0 Å². The standard InChI is InChI=1S/C16H21FN4OS/c1-20(2)8-9-21-12-14(11-18-21)19-16(22)7-10-23-15-5-3-13(17)4-6-15/h3-6,11-12H,7-10H2,1-2H3,(H,19,22). The molecule has 0 spiro atoms. The van der Waals surface area contributed by atoms with E-state index in [0.717, 1.165) is 18.0 Å². The second-order valence-corrected chi connectivity index (χ2v) is 6.56. The number of rotatable bonds is 8. The number of likely N-dealkylation sites (N-methyl/N-ethyl adjacent to an activating group) is 1. The molecule has 0 saturated carbocycles. The van der Waals surface area contributed by atoms with Crippen molar-refractivity contribution in [2.24, 2.45) is 0 Å². The molecule has 1 amide bonds. The van der Waals surface area contributed by atoms with Crippen molar-refractivity contribution in [1.29, 1.82) is 0 Å². The van der Waals surface area contributed by atoms with Gasteiger partial charge in [0, 0.05) is 29.8 Å². The van der Waals surface area contributed by atoms with Crippen LogP contribution in [0.25, 0.3) is 0 Å². The minimum atomic E-state index is -0.252. The van der Waals surface area contributed by atoms with Crippen LogP contribution >= 0.6 is 11.8 Å². The first kappa shape index (κ1) is 17.5. The Bertz CT molecular complexity index is 627. The van der Waals surface area contributed by atoms with Crippen molar-refractivity contribution in [3.63, 3.8) is 0 Å². The maximum absolute atomic E-state index is 12.8. The molecule has 1 N–H and O–H groups in total. The normalized spacial score (nSPS) is 11.0. The Hall–Kier alpha value is -1.86. The Morgan fingerprint density at radius 2 is 2.09 bits per heavy atom. The number of hydrogen-bond donors (Lipinski definition) is 1. The van der Waals surface area contributed by atoms with Gasteiger partial charge in [0.2, 0.25) is 5.91 Å². The lowest BCUT2D eigenvalue weighted by Crippen LogP contribution is -2.18. The first-order valence-corrected chi connectivity index (χ1v) is 8.37. The molecule has 124 valence electrons. The predicted molar refractivity (Wildman–Crippen MR) is 91.2 cm³/mol. The Morgan fingerprint density at radius 1 is 1.35 bits per heavy atom. The lowest BCUT2D eigenvalue weighted by Gasteiger charge is -2.08.